The molecule has 0 bridgehead atoms. The van der Waals surface area contributed by atoms with Crippen molar-refractivity contribution in [2.45, 2.75) is 50.8 Å². The number of hydrogen-bond acceptors (Lipinski definition) is 4. The Kier molecular flexibility index (Phi) is 4.04. The molecule has 1 fully saturated rings. The third-order valence-electron chi connectivity index (χ3n) is 3.58. The monoisotopic (exact) mass is 320 g/mol. The highest BCUT2D eigenvalue weighted by atomic mass is 32.2. The molecule has 2 heterocycles. The molecular weight excluding hydrogens is 300 g/mol. The van der Waals surface area contributed by atoms with Crippen molar-refractivity contribution in [1.82, 2.24) is 9.88 Å². The van der Waals surface area contributed by atoms with Gasteiger partial charge in [-0.1, -0.05) is 0 Å². The van der Waals surface area contributed by atoms with Crippen LogP contribution in [0.1, 0.15) is 42.6 Å². The van der Waals surface area contributed by atoms with Gasteiger partial charge in [0.1, 0.15) is 0 Å². The Morgan fingerprint density at radius 1 is 1.45 bits per heavy atom. The van der Waals surface area contributed by atoms with E-state index >= 15 is 0 Å². The van der Waals surface area contributed by atoms with Crippen LogP contribution in [-0.4, -0.2) is 34.3 Å². The minimum Gasteiger partial charge on any atom is -0.459 e. The van der Waals surface area contributed by atoms with Crippen molar-refractivity contribution in [2.24, 2.45) is 0 Å². The number of rotatable bonds is 4. The first-order valence-electron chi connectivity index (χ1n) is 7.53. The van der Waals surface area contributed by atoms with E-state index in [1.54, 1.807) is 17.8 Å². The van der Waals surface area contributed by atoms with E-state index in [-0.39, 0.29) is 18.0 Å². The lowest BCUT2D eigenvalue weighted by Gasteiger charge is -2.08. The molecule has 0 aromatic carbocycles. The number of amides is 1. The molecule has 6 heteroatoms. The normalized spacial score (nSPS) is 18.6. The van der Waals surface area contributed by atoms with E-state index < -0.39 is 0 Å². The van der Waals surface area contributed by atoms with E-state index in [0.29, 0.717) is 17.4 Å². The van der Waals surface area contributed by atoms with Crippen LogP contribution in [0.15, 0.2) is 17.3 Å². The molecule has 5 nitrogen and oxygen atoms in total. The van der Waals surface area contributed by atoms with E-state index in [1.807, 2.05) is 31.5 Å². The van der Waals surface area contributed by atoms with Gasteiger partial charge in [-0.25, -0.2) is 4.79 Å². The molecule has 2 aliphatic rings. The summed E-state index contributed by atoms with van der Waals surface area (Å²) >= 11 is 1.57. The van der Waals surface area contributed by atoms with Crippen molar-refractivity contribution in [3.05, 3.63) is 23.4 Å². The lowest BCUT2D eigenvalue weighted by atomic mass is 10.2. The van der Waals surface area contributed by atoms with E-state index in [2.05, 4.69) is 5.32 Å². The number of fused-ring (bicyclic) bond motifs is 1. The molecule has 0 unspecified atom stereocenters. The number of nitrogens with zero attached hydrogens (tertiary/aromatic N) is 1. The number of aryl methyl sites for hydroxylation is 1. The number of thioether (sulfide) groups is 1. The van der Waals surface area contributed by atoms with E-state index in [9.17, 15) is 9.59 Å². The Hall–Kier alpha value is -1.69. The topological polar surface area (TPSA) is 60.3 Å². The third-order valence-corrected chi connectivity index (χ3v) is 4.70. The molecule has 0 atom stereocenters. The molecule has 0 spiro atoms. The average molecular weight is 320 g/mol. The van der Waals surface area contributed by atoms with Gasteiger partial charge in [0.05, 0.1) is 16.7 Å². The Morgan fingerprint density at radius 2 is 2.18 bits per heavy atom. The molecule has 1 N–H and O–H groups in total. The molecule has 3 rings (SSSR count). The Balaban J connectivity index is 1.84. The number of aromatic nitrogens is 1. The first-order chi connectivity index (χ1) is 10.5. The quantitative estimate of drug-likeness (QED) is 0.684. The molecule has 0 saturated heterocycles. The van der Waals surface area contributed by atoms with Crippen LogP contribution in [0.5, 0.6) is 0 Å². The zero-order valence-electron chi connectivity index (χ0n) is 13.0. The number of nitrogens with one attached hydrogen (secondary N) is 1. The molecule has 22 heavy (non-hydrogen) atoms. The summed E-state index contributed by atoms with van der Waals surface area (Å²) in [5.41, 5.74) is 2.40. The predicted molar refractivity (Wildman–Crippen MR) is 85.9 cm³/mol. The van der Waals surface area contributed by atoms with Crippen molar-refractivity contribution in [1.29, 1.82) is 0 Å². The summed E-state index contributed by atoms with van der Waals surface area (Å²) in [6, 6.07) is 0.348. The van der Waals surface area contributed by atoms with Crippen molar-refractivity contribution in [3.8, 4) is 0 Å². The van der Waals surface area contributed by atoms with Crippen LogP contribution in [0.4, 0.5) is 0 Å². The van der Waals surface area contributed by atoms with E-state index in [0.717, 1.165) is 29.1 Å². The molecule has 1 aromatic rings. The summed E-state index contributed by atoms with van der Waals surface area (Å²) in [7, 11) is 0. The molecule has 0 radical (unpaired) electrons. The maximum Gasteiger partial charge on any atom is 0.341 e. The van der Waals surface area contributed by atoms with Gasteiger partial charge < -0.3 is 14.6 Å². The van der Waals surface area contributed by atoms with Crippen LogP contribution in [0, 0.1) is 6.92 Å². The standard InChI is InChI=1S/C16H20N2O3S/c1-9(2)21-16(20)14-10(3)7-18-12(8-22-15(14)18)6-13(19)17-11-4-5-11/h6-7,9,11H,4-5,8H2,1-3H3,(H,17,19). The van der Waals surface area contributed by atoms with Gasteiger partial charge in [0.15, 0.2) is 0 Å². The fourth-order valence-electron chi connectivity index (χ4n) is 2.43. The summed E-state index contributed by atoms with van der Waals surface area (Å²) in [6.07, 6.45) is 5.54. The highest BCUT2D eigenvalue weighted by Crippen LogP contribution is 2.38. The minimum absolute atomic E-state index is 0.0522. The Labute approximate surface area is 134 Å². The highest BCUT2D eigenvalue weighted by molar-refractivity contribution is 8.00. The summed E-state index contributed by atoms with van der Waals surface area (Å²) in [5.74, 6) is 0.344. The smallest absolute Gasteiger partial charge is 0.341 e. The van der Waals surface area contributed by atoms with Gasteiger partial charge in [-0.3, -0.25) is 4.79 Å². The zero-order valence-corrected chi connectivity index (χ0v) is 13.8. The third kappa shape index (κ3) is 3.06. The average Bonchev–Trinajstić information content (AvgIpc) is 3.05. The van der Waals surface area contributed by atoms with Crippen LogP contribution in [0.3, 0.4) is 0 Å². The van der Waals surface area contributed by atoms with Gasteiger partial charge in [-0.2, -0.15) is 0 Å². The fraction of sp³-hybridized carbons (Fsp3) is 0.500. The van der Waals surface area contributed by atoms with Crippen molar-refractivity contribution in [2.75, 3.05) is 5.75 Å². The molecule has 1 aromatic heterocycles. The summed E-state index contributed by atoms with van der Waals surface area (Å²) in [4.78, 5) is 24.2. The Bertz CT molecular complexity index is 657. The molecule has 118 valence electrons. The zero-order chi connectivity index (χ0) is 15.9. The number of carbonyl (C=O) groups excluding carboxylic acids is 2. The molecule has 1 aliphatic carbocycles. The van der Waals surface area contributed by atoms with Crippen LogP contribution in [-0.2, 0) is 9.53 Å². The maximum atomic E-state index is 12.2. The number of ether oxygens (including phenoxy) is 1. The van der Waals surface area contributed by atoms with Crippen molar-refractivity contribution >= 4 is 29.3 Å². The summed E-state index contributed by atoms with van der Waals surface area (Å²) in [6.45, 7) is 5.57. The molecule has 1 saturated carbocycles. The van der Waals surface area contributed by atoms with Crippen molar-refractivity contribution < 1.29 is 14.3 Å². The van der Waals surface area contributed by atoms with Crippen molar-refractivity contribution in [3.63, 3.8) is 0 Å². The number of carbonyl (C=O) groups is 2. The van der Waals surface area contributed by atoms with E-state index in [4.69, 9.17) is 4.74 Å². The first kappa shape index (κ1) is 15.2. The van der Waals surface area contributed by atoms with Crippen LogP contribution >= 0.6 is 11.8 Å². The second-order valence-corrected chi connectivity index (χ2v) is 6.99. The number of esters is 1. The van der Waals surface area contributed by atoms with Crippen LogP contribution in [0.2, 0.25) is 0 Å². The molecule has 1 aliphatic heterocycles. The molecular formula is C16H20N2O3S. The largest absolute Gasteiger partial charge is 0.459 e. The van der Waals surface area contributed by atoms with E-state index in [1.165, 1.54) is 0 Å². The lowest BCUT2D eigenvalue weighted by molar-refractivity contribution is -0.116. The SMILES string of the molecule is Cc1cn2c(c1C(=O)OC(C)C)SCC2=CC(=O)NC1CC1. The van der Waals surface area contributed by atoms with Gasteiger partial charge in [0, 0.05) is 29.8 Å². The highest BCUT2D eigenvalue weighted by Gasteiger charge is 2.29. The number of hydrogen-bond donors (Lipinski definition) is 1. The van der Waals surface area contributed by atoms with Gasteiger partial charge in [-0.05, 0) is 39.2 Å². The predicted octanol–water partition coefficient (Wildman–Crippen LogP) is 2.59. The molecule has 1 amide bonds. The fourth-order valence-corrected chi connectivity index (χ4v) is 3.63. The summed E-state index contributed by atoms with van der Waals surface area (Å²) in [5, 5.41) is 3.82. The van der Waals surface area contributed by atoms with Crippen LogP contribution < -0.4 is 5.32 Å². The second kappa shape index (κ2) is 5.83. The van der Waals surface area contributed by atoms with Gasteiger partial charge in [-0.15, -0.1) is 11.8 Å². The Morgan fingerprint density at radius 3 is 2.82 bits per heavy atom. The summed E-state index contributed by atoms with van der Waals surface area (Å²) < 4.78 is 7.25. The van der Waals surface area contributed by atoms with Gasteiger partial charge in [0.2, 0.25) is 5.91 Å². The lowest BCUT2D eigenvalue weighted by Crippen LogP contribution is -2.23. The first-order valence-corrected chi connectivity index (χ1v) is 8.51. The maximum absolute atomic E-state index is 12.2. The second-order valence-electron chi connectivity index (χ2n) is 6.02. The van der Waals surface area contributed by atoms with Gasteiger partial charge in [0.25, 0.3) is 0 Å². The van der Waals surface area contributed by atoms with Crippen LogP contribution in [0.25, 0.3) is 5.70 Å². The minimum atomic E-state index is -0.294. The van der Waals surface area contributed by atoms with Gasteiger partial charge >= 0.3 is 5.97 Å².